The lowest BCUT2D eigenvalue weighted by Gasteiger charge is -2.20. The number of aryl methyl sites for hydroxylation is 1. The molecule has 8 nitrogen and oxygen atoms in total. The van der Waals surface area contributed by atoms with Gasteiger partial charge >= 0.3 is 0 Å². The van der Waals surface area contributed by atoms with Gasteiger partial charge < -0.3 is 5.32 Å². The highest BCUT2D eigenvalue weighted by Crippen LogP contribution is 2.31. The molecule has 0 spiro atoms. The Morgan fingerprint density at radius 1 is 1.29 bits per heavy atom. The highest BCUT2D eigenvalue weighted by Gasteiger charge is 2.23. The second-order valence-electron chi connectivity index (χ2n) is 8.11. The first kappa shape index (κ1) is 24.4. The third kappa shape index (κ3) is 4.64. The molecule has 2 aromatic heterocycles. The number of nitriles is 1. The van der Waals surface area contributed by atoms with Crippen LogP contribution >= 0.6 is 0 Å². The van der Waals surface area contributed by atoms with E-state index in [1.165, 1.54) is 23.0 Å². The van der Waals surface area contributed by atoms with Gasteiger partial charge in [0.1, 0.15) is 23.6 Å². The third-order valence-electron chi connectivity index (χ3n) is 5.95. The van der Waals surface area contributed by atoms with Crippen LogP contribution < -0.4 is 10.9 Å². The average Bonchev–Trinajstić information content (AvgIpc) is 2.82. The minimum Gasteiger partial charge on any atom is -0.363 e. The van der Waals surface area contributed by atoms with Crippen LogP contribution in [0.4, 0.5) is 19.0 Å². The minimum atomic E-state index is -2.95. The Morgan fingerprint density at radius 3 is 2.69 bits per heavy atom. The van der Waals surface area contributed by atoms with E-state index in [0.717, 1.165) is 6.07 Å². The Kier molecular flexibility index (Phi) is 6.62. The van der Waals surface area contributed by atoms with E-state index in [1.807, 2.05) is 0 Å². The fourth-order valence-electron chi connectivity index (χ4n) is 4.06. The summed E-state index contributed by atoms with van der Waals surface area (Å²) < 4.78 is 58.4. The van der Waals surface area contributed by atoms with Crippen LogP contribution in [0.1, 0.15) is 42.5 Å². The summed E-state index contributed by atoms with van der Waals surface area (Å²) in [6.07, 6.45) is 1.84. The van der Waals surface area contributed by atoms with Gasteiger partial charge in [0.25, 0.3) is 12.0 Å². The Bertz CT molecular complexity index is 1570. The summed E-state index contributed by atoms with van der Waals surface area (Å²) in [6, 6.07) is 4.71. The number of alkyl halides is 2. The third-order valence-corrected chi connectivity index (χ3v) is 7.90. The smallest absolute Gasteiger partial charge is 0.266 e. The van der Waals surface area contributed by atoms with Gasteiger partial charge in [0, 0.05) is 23.9 Å². The summed E-state index contributed by atoms with van der Waals surface area (Å²) in [5.41, 5.74) is 0.392. The van der Waals surface area contributed by atoms with Gasteiger partial charge in [-0.25, -0.2) is 27.3 Å². The van der Waals surface area contributed by atoms with Gasteiger partial charge in [-0.1, -0.05) is 24.3 Å². The van der Waals surface area contributed by atoms with Crippen LogP contribution in [-0.2, 0) is 16.8 Å². The minimum absolute atomic E-state index is 0.0469. The molecule has 182 valence electrons. The zero-order valence-corrected chi connectivity index (χ0v) is 19.7. The molecule has 0 aliphatic carbocycles. The standard InChI is InChI=1S/C23H21F3N6O2S/c1-13(15-4-3-5-16(19(15)24)20(25)26)31-21-18-10-17(23(33)32(2)22(18)29-12-28-21)14-6-8-35(34,9-7-14)30-11-27/h3-6,10,12-13,20H,7-9H2,1-2H3,(H,28,29,31)/t13-,35?/m1/s1. The van der Waals surface area contributed by atoms with Crippen molar-refractivity contribution >= 4 is 32.2 Å². The van der Waals surface area contributed by atoms with Gasteiger partial charge in [-0.05, 0) is 25.0 Å². The van der Waals surface area contributed by atoms with Crippen molar-refractivity contribution in [3.05, 3.63) is 69.5 Å². The number of fused-ring (bicyclic) bond motifs is 1. The van der Waals surface area contributed by atoms with Crippen molar-refractivity contribution in [2.24, 2.45) is 11.4 Å². The molecule has 1 aliphatic rings. The number of nitrogens with zero attached hydrogens (tertiary/aromatic N) is 5. The Balaban J connectivity index is 1.77. The summed E-state index contributed by atoms with van der Waals surface area (Å²) in [7, 11) is -1.11. The molecule has 3 aromatic rings. The fraction of sp³-hybridized carbons (Fsp3) is 0.304. The molecule has 12 heteroatoms. The average molecular weight is 503 g/mol. The normalized spacial score (nSPS) is 18.7. The molecule has 1 aliphatic heterocycles. The van der Waals surface area contributed by atoms with Gasteiger partial charge in [0.2, 0.25) is 6.19 Å². The number of rotatable bonds is 5. The summed E-state index contributed by atoms with van der Waals surface area (Å²) in [5.74, 6) is -0.487. The molecule has 0 saturated carbocycles. The van der Waals surface area contributed by atoms with Gasteiger partial charge in [-0.2, -0.15) is 5.26 Å². The Labute approximate surface area is 199 Å². The predicted molar refractivity (Wildman–Crippen MR) is 127 cm³/mol. The highest BCUT2D eigenvalue weighted by atomic mass is 32.2. The molecular weight excluding hydrogens is 481 g/mol. The zero-order chi connectivity index (χ0) is 25.3. The molecule has 3 heterocycles. The molecule has 1 N–H and O–H groups in total. The SMILES string of the molecule is C[C@@H](Nc1ncnc2c1cc(C1=CCS(=O)(=NC#N)CC1)c(=O)n2C)c1cccc(C(F)F)c1F. The van der Waals surface area contributed by atoms with Crippen LogP contribution in [0.2, 0.25) is 0 Å². The van der Waals surface area contributed by atoms with Crippen molar-refractivity contribution in [1.29, 1.82) is 5.26 Å². The van der Waals surface area contributed by atoms with Crippen molar-refractivity contribution in [1.82, 2.24) is 14.5 Å². The Morgan fingerprint density at radius 2 is 2.03 bits per heavy atom. The van der Waals surface area contributed by atoms with Gasteiger partial charge in [-0.15, -0.1) is 4.36 Å². The summed E-state index contributed by atoms with van der Waals surface area (Å²) in [6.45, 7) is 1.61. The molecule has 0 radical (unpaired) electrons. The van der Waals surface area contributed by atoms with Crippen LogP contribution in [0, 0.1) is 17.3 Å². The van der Waals surface area contributed by atoms with E-state index in [0.29, 0.717) is 34.4 Å². The lowest BCUT2D eigenvalue weighted by Crippen LogP contribution is -2.24. The number of anilines is 1. The van der Waals surface area contributed by atoms with E-state index < -0.39 is 33.6 Å². The summed E-state index contributed by atoms with van der Waals surface area (Å²) >= 11 is 0. The molecule has 0 saturated heterocycles. The van der Waals surface area contributed by atoms with E-state index in [9.17, 15) is 22.2 Å². The second-order valence-corrected chi connectivity index (χ2v) is 10.6. The first-order valence-electron chi connectivity index (χ1n) is 10.6. The van der Waals surface area contributed by atoms with E-state index >= 15 is 0 Å². The van der Waals surface area contributed by atoms with Crippen LogP contribution in [0.15, 0.2) is 45.8 Å². The summed E-state index contributed by atoms with van der Waals surface area (Å²) in [4.78, 5) is 21.5. The largest absolute Gasteiger partial charge is 0.363 e. The van der Waals surface area contributed by atoms with Crippen LogP contribution in [0.3, 0.4) is 0 Å². The van der Waals surface area contributed by atoms with Crippen molar-refractivity contribution in [3.8, 4) is 6.19 Å². The molecule has 0 bridgehead atoms. The lowest BCUT2D eigenvalue weighted by atomic mass is 10.0. The quantitative estimate of drug-likeness (QED) is 0.520. The molecular formula is C23H21F3N6O2S. The number of allylic oxidation sites excluding steroid dienone is 1. The van der Waals surface area contributed by atoms with Crippen molar-refractivity contribution in [2.75, 3.05) is 16.8 Å². The molecule has 0 fully saturated rings. The monoisotopic (exact) mass is 502 g/mol. The van der Waals surface area contributed by atoms with Crippen LogP contribution in [0.25, 0.3) is 16.6 Å². The molecule has 2 atom stereocenters. The molecule has 0 amide bonds. The zero-order valence-electron chi connectivity index (χ0n) is 18.8. The number of hydrogen-bond donors (Lipinski definition) is 1. The maximum Gasteiger partial charge on any atom is 0.266 e. The number of aromatic nitrogens is 3. The first-order chi connectivity index (χ1) is 16.6. The first-order valence-corrected chi connectivity index (χ1v) is 12.5. The molecule has 4 rings (SSSR count). The molecule has 1 aromatic carbocycles. The van der Waals surface area contributed by atoms with E-state index in [2.05, 4.69) is 19.6 Å². The predicted octanol–water partition coefficient (Wildman–Crippen LogP) is 4.31. The van der Waals surface area contributed by atoms with Crippen molar-refractivity contribution in [2.45, 2.75) is 25.8 Å². The Hall–Kier alpha value is -3.72. The lowest BCUT2D eigenvalue weighted by molar-refractivity contribution is 0.146. The maximum atomic E-state index is 14.7. The second kappa shape index (κ2) is 9.50. The van der Waals surface area contributed by atoms with Gasteiger partial charge in [0.15, 0.2) is 0 Å². The maximum absolute atomic E-state index is 14.7. The van der Waals surface area contributed by atoms with E-state index in [4.69, 9.17) is 5.26 Å². The van der Waals surface area contributed by atoms with Gasteiger partial charge in [-0.3, -0.25) is 9.36 Å². The van der Waals surface area contributed by atoms with Crippen LogP contribution in [0.5, 0.6) is 0 Å². The highest BCUT2D eigenvalue weighted by molar-refractivity contribution is 7.93. The molecule has 35 heavy (non-hydrogen) atoms. The van der Waals surface area contributed by atoms with Gasteiger partial charge in [0.05, 0.1) is 32.5 Å². The topological polar surface area (TPSA) is 113 Å². The fourth-order valence-corrected chi connectivity index (χ4v) is 5.54. The molecule has 1 unspecified atom stereocenters. The summed E-state index contributed by atoms with van der Waals surface area (Å²) in [5, 5.41) is 12.3. The van der Waals surface area contributed by atoms with Crippen molar-refractivity contribution < 1.29 is 17.4 Å². The number of halogens is 3. The number of pyridine rings is 1. The van der Waals surface area contributed by atoms with Crippen LogP contribution in [-0.4, -0.2) is 30.2 Å². The number of hydrogen-bond acceptors (Lipinski definition) is 7. The van der Waals surface area contributed by atoms with Crippen molar-refractivity contribution in [3.63, 3.8) is 0 Å². The van der Waals surface area contributed by atoms with E-state index in [1.54, 1.807) is 32.3 Å². The number of nitrogens with one attached hydrogen (secondary N) is 1. The van der Waals surface area contributed by atoms with E-state index in [-0.39, 0.29) is 22.6 Å². The number of benzene rings is 1.